The maximum Gasteiger partial charge on any atom is 0.443 e. The molecule has 2 aromatic rings. The minimum Gasteiger partial charge on any atom is -0.379 e. The van der Waals surface area contributed by atoms with Gasteiger partial charge in [0.1, 0.15) is 5.60 Å². The van der Waals surface area contributed by atoms with E-state index < -0.39 is 16.8 Å². The van der Waals surface area contributed by atoms with Crippen molar-refractivity contribution in [2.24, 2.45) is 0 Å². The molecule has 1 N–H and O–H groups in total. The number of thiazole rings is 1. The summed E-state index contributed by atoms with van der Waals surface area (Å²) in [5.41, 5.74) is -0.933. The zero-order valence-electron chi connectivity index (χ0n) is 10.4. The van der Waals surface area contributed by atoms with Crippen molar-refractivity contribution in [3.05, 3.63) is 50.4 Å². The molecule has 2 nitrogen and oxygen atoms in total. The van der Waals surface area contributed by atoms with Crippen molar-refractivity contribution >= 4 is 27.3 Å². The van der Waals surface area contributed by atoms with E-state index in [0.717, 1.165) is 10.7 Å². The Morgan fingerprint density at radius 1 is 1.35 bits per heavy atom. The first-order valence-corrected chi connectivity index (χ1v) is 7.40. The highest BCUT2D eigenvalue weighted by Crippen LogP contribution is 2.40. The van der Waals surface area contributed by atoms with Crippen molar-refractivity contribution in [2.45, 2.75) is 25.1 Å². The zero-order valence-corrected chi connectivity index (χ0v) is 12.8. The van der Waals surface area contributed by atoms with Gasteiger partial charge in [0.05, 0.1) is 4.88 Å². The summed E-state index contributed by atoms with van der Waals surface area (Å²) in [6, 6.07) is 6.89. The molecule has 0 saturated heterocycles. The van der Waals surface area contributed by atoms with Gasteiger partial charge in [0.2, 0.25) is 0 Å². The number of halogens is 4. The average molecular weight is 366 g/mol. The van der Waals surface area contributed by atoms with E-state index in [1.807, 2.05) is 0 Å². The topological polar surface area (TPSA) is 33.1 Å². The van der Waals surface area contributed by atoms with E-state index in [-0.39, 0.29) is 11.3 Å². The molecule has 1 unspecified atom stereocenters. The number of hydrogen-bond acceptors (Lipinski definition) is 3. The van der Waals surface area contributed by atoms with Gasteiger partial charge in [0.25, 0.3) is 0 Å². The first-order valence-electron chi connectivity index (χ1n) is 5.79. The average Bonchev–Trinajstić information content (AvgIpc) is 2.87. The number of aliphatic hydroxyl groups is 1. The molecule has 0 aliphatic heterocycles. The largest absolute Gasteiger partial charge is 0.443 e. The smallest absolute Gasteiger partial charge is 0.379 e. The van der Waals surface area contributed by atoms with Gasteiger partial charge < -0.3 is 5.11 Å². The Labute approximate surface area is 126 Å². The summed E-state index contributed by atoms with van der Waals surface area (Å²) >= 11 is 3.76. The fraction of sp³-hybridized carbons (Fsp3) is 0.308. The fourth-order valence-electron chi connectivity index (χ4n) is 1.86. The molecule has 0 saturated carbocycles. The molecular weight excluding hydrogens is 355 g/mol. The molecular formula is C13H11BrF3NOS. The molecule has 7 heteroatoms. The third kappa shape index (κ3) is 2.89. The summed E-state index contributed by atoms with van der Waals surface area (Å²) in [6.07, 6.45) is -3.14. The van der Waals surface area contributed by atoms with E-state index in [4.69, 9.17) is 0 Å². The molecule has 20 heavy (non-hydrogen) atoms. The minimum atomic E-state index is -4.49. The van der Waals surface area contributed by atoms with E-state index in [9.17, 15) is 18.3 Å². The SMILES string of the molecule is CCC(O)(c1cccc(Br)c1)c1cnc(C(F)(F)F)s1. The molecule has 0 radical (unpaired) electrons. The van der Waals surface area contributed by atoms with Gasteiger partial charge in [-0.05, 0) is 24.1 Å². The molecule has 0 bridgehead atoms. The van der Waals surface area contributed by atoms with Gasteiger partial charge in [0.15, 0.2) is 5.01 Å². The van der Waals surface area contributed by atoms with Gasteiger partial charge in [-0.3, -0.25) is 0 Å². The van der Waals surface area contributed by atoms with E-state index in [2.05, 4.69) is 20.9 Å². The lowest BCUT2D eigenvalue weighted by Crippen LogP contribution is -2.25. The second-order valence-corrected chi connectivity index (χ2v) is 6.20. The van der Waals surface area contributed by atoms with E-state index in [0.29, 0.717) is 16.9 Å². The fourth-order valence-corrected chi connectivity index (χ4v) is 3.23. The second kappa shape index (κ2) is 5.46. The molecule has 1 aromatic heterocycles. The molecule has 2 rings (SSSR count). The van der Waals surface area contributed by atoms with Gasteiger partial charge in [-0.1, -0.05) is 35.0 Å². The number of hydrogen-bond donors (Lipinski definition) is 1. The Bertz CT molecular complexity index is 614. The van der Waals surface area contributed by atoms with E-state index in [1.165, 1.54) is 0 Å². The third-order valence-corrected chi connectivity index (χ3v) is 4.66. The molecule has 0 fully saturated rings. The predicted molar refractivity (Wildman–Crippen MR) is 74.5 cm³/mol. The van der Waals surface area contributed by atoms with Gasteiger partial charge >= 0.3 is 6.18 Å². The third-order valence-electron chi connectivity index (χ3n) is 2.97. The molecule has 108 valence electrons. The molecule has 1 heterocycles. The van der Waals surface area contributed by atoms with Crippen LogP contribution in [0.3, 0.4) is 0 Å². The normalized spacial score (nSPS) is 15.1. The van der Waals surface area contributed by atoms with Crippen LogP contribution in [0.1, 0.15) is 28.8 Å². The first kappa shape index (κ1) is 15.5. The maximum atomic E-state index is 12.6. The van der Waals surface area contributed by atoms with Crippen molar-refractivity contribution in [2.75, 3.05) is 0 Å². The minimum absolute atomic E-state index is 0.186. The summed E-state index contributed by atoms with van der Waals surface area (Å²) in [7, 11) is 0. The molecule has 0 spiro atoms. The van der Waals surface area contributed by atoms with Crippen LogP contribution in [0.5, 0.6) is 0 Å². The molecule has 0 amide bonds. The lowest BCUT2D eigenvalue weighted by atomic mass is 9.90. The number of aromatic nitrogens is 1. The Hall–Kier alpha value is -0.920. The Morgan fingerprint density at radius 3 is 2.55 bits per heavy atom. The van der Waals surface area contributed by atoms with Crippen molar-refractivity contribution in [1.29, 1.82) is 0 Å². The van der Waals surface area contributed by atoms with E-state index >= 15 is 0 Å². The quantitative estimate of drug-likeness (QED) is 0.863. The van der Waals surface area contributed by atoms with Crippen molar-refractivity contribution in [3.8, 4) is 0 Å². The Kier molecular flexibility index (Phi) is 4.22. The number of benzene rings is 1. The molecule has 0 aliphatic carbocycles. The van der Waals surface area contributed by atoms with Gasteiger partial charge in [-0.25, -0.2) is 4.98 Å². The highest BCUT2D eigenvalue weighted by molar-refractivity contribution is 9.10. The lowest BCUT2D eigenvalue weighted by molar-refractivity contribution is -0.137. The second-order valence-electron chi connectivity index (χ2n) is 4.25. The predicted octanol–water partition coefficient (Wildman–Crippen LogP) is 4.57. The van der Waals surface area contributed by atoms with Crippen molar-refractivity contribution in [3.63, 3.8) is 0 Å². The molecule has 1 atom stereocenters. The van der Waals surface area contributed by atoms with Crippen LogP contribution in [0.15, 0.2) is 34.9 Å². The van der Waals surface area contributed by atoms with Gasteiger partial charge in [-0.15, -0.1) is 11.3 Å². The number of alkyl halides is 3. The van der Waals surface area contributed by atoms with Crippen molar-refractivity contribution < 1.29 is 18.3 Å². The van der Waals surface area contributed by atoms with Crippen LogP contribution in [0.2, 0.25) is 0 Å². The number of nitrogens with zero attached hydrogens (tertiary/aromatic N) is 1. The summed E-state index contributed by atoms with van der Waals surface area (Å²) < 4.78 is 38.6. The van der Waals surface area contributed by atoms with Gasteiger partial charge in [-0.2, -0.15) is 13.2 Å². The van der Waals surface area contributed by atoms with Crippen LogP contribution in [0, 0.1) is 0 Å². The van der Waals surface area contributed by atoms with Crippen LogP contribution in [0.25, 0.3) is 0 Å². The molecule has 1 aromatic carbocycles. The number of rotatable bonds is 3. The highest BCUT2D eigenvalue weighted by atomic mass is 79.9. The Balaban J connectivity index is 2.48. The van der Waals surface area contributed by atoms with Crippen LogP contribution < -0.4 is 0 Å². The van der Waals surface area contributed by atoms with Gasteiger partial charge in [0, 0.05) is 10.7 Å². The zero-order chi connectivity index (χ0) is 15.0. The highest BCUT2D eigenvalue weighted by Gasteiger charge is 2.38. The van der Waals surface area contributed by atoms with Crippen LogP contribution in [0.4, 0.5) is 13.2 Å². The van der Waals surface area contributed by atoms with Crippen LogP contribution in [-0.2, 0) is 11.8 Å². The first-order chi connectivity index (χ1) is 9.27. The molecule has 0 aliphatic rings. The summed E-state index contributed by atoms with van der Waals surface area (Å²) in [5.74, 6) is 0. The lowest BCUT2D eigenvalue weighted by Gasteiger charge is -2.26. The summed E-state index contributed by atoms with van der Waals surface area (Å²) in [6.45, 7) is 1.72. The van der Waals surface area contributed by atoms with E-state index in [1.54, 1.807) is 31.2 Å². The Morgan fingerprint density at radius 2 is 2.05 bits per heavy atom. The van der Waals surface area contributed by atoms with Crippen LogP contribution >= 0.6 is 27.3 Å². The standard InChI is InChI=1S/C13H11BrF3NOS/c1-2-12(19,8-4-3-5-9(14)6-8)10-7-18-11(20-10)13(15,16)17/h3-7,19H,2H2,1H3. The summed E-state index contributed by atoms with van der Waals surface area (Å²) in [5, 5.41) is 9.80. The van der Waals surface area contributed by atoms with Crippen molar-refractivity contribution in [1.82, 2.24) is 4.98 Å². The summed E-state index contributed by atoms with van der Waals surface area (Å²) in [4.78, 5) is 3.56. The van der Waals surface area contributed by atoms with Crippen LogP contribution in [-0.4, -0.2) is 10.1 Å². The monoisotopic (exact) mass is 365 g/mol. The maximum absolute atomic E-state index is 12.6.